The van der Waals surface area contributed by atoms with Crippen LogP contribution in [0.1, 0.15) is 43.1 Å². The van der Waals surface area contributed by atoms with Gasteiger partial charge in [0.2, 0.25) is 0 Å². The average molecular weight is 209 g/mol. The number of nitrogens with zero attached hydrogens (tertiary/aromatic N) is 2. The van der Waals surface area contributed by atoms with Crippen molar-refractivity contribution in [2.75, 3.05) is 6.54 Å². The molecule has 0 radical (unpaired) electrons. The molecule has 4 nitrogen and oxygen atoms in total. The predicted octanol–water partition coefficient (Wildman–Crippen LogP) is 1.73. The summed E-state index contributed by atoms with van der Waals surface area (Å²) in [7, 11) is 1.77. The van der Waals surface area contributed by atoms with E-state index in [-0.39, 0.29) is 5.91 Å². The van der Waals surface area contributed by atoms with E-state index in [2.05, 4.69) is 17.3 Å². The minimum Gasteiger partial charge on any atom is -0.351 e. The molecule has 0 unspecified atom stereocenters. The van der Waals surface area contributed by atoms with Crippen molar-refractivity contribution in [2.24, 2.45) is 7.05 Å². The van der Waals surface area contributed by atoms with Crippen molar-refractivity contribution >= 4 is 5.91 Å². The zero-order chi connectivity index (χ0) is 11.1. The van der Waals surface area contributed by atoms with Crippen molar-refractivity contribution in [1.29, 1.82) is 0 Å². The number of hydrogen-bond acceptors (Lipinski definition) is 2. The monoisotopic (exact) mass is 209 g/mol. The lowest BCUT2D eigenvalue weighted by molar-refractivity contribution is 0.0943. The number of carbonyl (C=O) groups excluding carboxylic acids is 1. The molecule has 0 aromatic carbocycles. The van der Waals surface area contributed by atoms with Crippen molar-refractivity contribution in [1.82, 2.24) is 15.1 Å². The van der Waals surface area contributed by atoms with Crippen LogP contribution in [0.25, 0.3) is 0 Å². The number of aryl methyl sites for hydroxylation is 1. The van der Waals surface area contributed by atoms with E-state index in [9.17, 15) is 4.79 Å². The first-order valence-electron chi connectivity index (χ1n) is 5.52. The molecule has 1 amide bonds. The van der Waals surface area contributed by atoms with Crippen molar-refractivity contribution in [3.05, 3.63) is 18.0 Å². The quantitative estimate of drug-likeness (QED) is 0.725. The Balaban J connectivity index is 2.22. The summed E-state index contributed by atoms with van der Waals surface area (Å²) >= 11 is 0. The maximum Gasteiger partial charge on any atom is 0.269 e. The minimum absolute atomic E-state index is 0.0356. The topological polar surface area (TPSA) is 46.9 Å². The van der Waals surface area contributed by atoms with Gasteiger partial charge in [-0.1, -0.05) is 26.2 Å². The van der Waals surface area contributed by atoms with E-state index >= 15 is 0 Å². The summed E-state index contributed by atoms with van der Waals surface area (Å²) in [6.07, 6.45) is 6.32. The third-order valence-corrected chi connectivity index (χ3v) is 2.37. The summed E-state index contributed by atoms with van der Waals surface area (Å²) in [5.41, 5.74) is 0.616. The number of unbranched alkanes of at least 4 members (excludes halogenated alkanes) is 3. The van der Waals surface area contributed by atoms with Crippen LogP contribution >= 0.6 is 0 Å². The number of aromatic nitrogens is 2. The highest BCUT2D eigenvalue weighted by atomic mass is 16.2. The fourth-order valence-electron chi connectivity index (χ4n) is 1.44. The highest BCUT2D eigenvalue weighted by Gasteiger charge is 2.07. The van der Waals surface area contributed by atoms with E-state index in [1.807, 2.05) is 0 Å². The van der Waals surface area contributed by atoms with Crippen LogP contribution in [0.3, 0.4) is 0 Å². The van der Waals surface area contributed by atoms with Crippen molar-refractivity contribution in [2.45, 2.75) is 32.6 Å². The van der Waals surface area contributed by atoms with E-state index in [1.165, 1.54) is 19.3 Å². The smallest absolute Gasteiger partial charge is 0.269 e. The second kappa shape index (κ2) is 6.22. The molecule has 0 bridgehead atoms. The molecule has 1 N–H and O–H groups in total. The van der Waals surface area contributed by atoms with E-state index in [4.69, 9.17) is 0 Å². The van der Waals surface area contributed by atoms with Gasteiger partial charge in [-0.15, -0.1) is 0 Å². The molecule has 0 saturated heterocycles. The van der Waals surface area contributed by atoms with Crippen LogP contribution in [0.5, 0.6) is 0 Å². The molecule has 1 rings (SSSR count). The summed E-state index contributed by atoms with van der Waals surface area (Å²) in [4.78, 5) is 11.6. The molecule has 0 atom stereocenters. The van der Waals surface area contributed by atoms with E-state index in [1.54, 1.807) is 24.0 Å². The molecule has 84 valence electrons. The number of nitrogens with one attached hydrogen (secondary N) is 1. The Bertz CT molecular complexity index is 307. The number of hydrogen-bond donors (Lipinski definition) is 1. The summed E-state index contributed by atoms with van der Waals surface area (Å²) in [6, 6.07) is 1.72. The van der Waals surface area contributed by atoms with E-state index in [0.29, 0.717) is 5.69 Å². The summed E-state index contributed by atoms with van der Waals surface area (Å²) in [6.45, 7) is 2.93. The molecule has 1 aromatic heterocycles. The van der Waals surface area contributed by atoms with Gasteiger partial charge >= 0.3 is 0 Å². The Morgan fingerprint density at radius 3 is 2.87 bits per heavy atom. The lowest BCUT2D eigenvalue weighted by Gasteiger charge is -2.04. The molecule has 0 aliphatic heterocycles. The van der Waals surface area contributed by atoms with Gasteiger partial charge in [0, 0.05) is 19.8 Å². The van der Waals surface area contributed by atoms with Gasteiger partial charge in [-0.3, -0.25) is 9.48 Å². The molecular weight excluding hydrogens is 190 g/mol. The Morgan fingerprint density at radius 2 is 2.27 bits per heavy atom. The lowest BCUT2D eigenvalue weighted by Crippen LogP contribution is -2.26. The minimum atomic E-state index is -0.0356. The second-order valence-corrected chi connectivity index (χ2v) is 3.66. The Morgan fingerprint density at radius 1 is 1.47 bits per heavy atom. The average Bonchev–Trinajstić information content (AvgIpc) is 2.64. The fourth-order valence-corrected chi connectivity index (χ4v) is 1.44. The van der Waals surface area contributed by atoms with Gasteiger partial charge in [0.15, 0.2) is 0 Å². The first kappa shape index (κ1) is 11.8. The van der Waals surface area contributed by atoms with Gasteiger partial charge in [-0.05, 0) is 12.5 Å². The second-order valence-electron chi connectivity index (χ2n) is 3.66. The van der Waals surface area contributed by atoms with Crippen LogP contribution in [-0.2, 0) is 7.05 Å². The molecule has 1 heterocycles. The van der Waals surface area contributed by atoms with Gasteiger partial charge in [-0.2, -0.15) is 5.10 Å². The zero-order valence-electron chi connectivity index (χ0n) is 9.49. The molecule has 15 heavy (non-hydrogen) atoms. The molecule has 1 aromatic rings. The molecule has 4 heteroatoms. The summed E-state index contributed by atoms with van der Waals surface area (Å²) in [5.74, 6) is -0.0356. The maximum absolute atomic E-state index is 11.6. The number of rotatable bonds is 6. The van der Waals surface area contributed by atoms with Crippen LogP contribution < -0.4 is 5.32 Å². The lowest BCUT2D eigenvalue weighted by atomic mass is 10.2. The molecule has 0 fully saturated rings. The van der Waals surface area contributed by atoms with Gasteiger partial charge in [0.05, 0.1) is 0 Å². The number of carbonyl (C=O) groups is 1. The van der Waals surface area contributed by atoms with Crippen LogP contribution in [0, 0.1) is 0 Å². The van der Waals surface area contributed by atoms with Crippen LogP contribution in [-0.4, -0.2) is 22.2 Å². The van der Waals surface area contributed by atoms with Crippen molar-refractivity contribution in [3.63, 3.8) is 0 Å². The van der Waals surface area contributed by atoms with Gasteiger partial charge < -0.3 is 5.32 Å². The molecule has 0 aliphatic rings. The van der Waals surface area contributed by atoms with E-state index in [0.717, 1.165) is 13.0 Å². The summed E-state index contributed by atoms with van der Waals surface area (Å²) < 4.78 is 1.58. The van der Waals surface area contributed by atoms with Crippen LogP contribution in [0.15, 0.2) is 12.3 Å². The van der Waals surface area contributed by atoms with Crippen molar-refractivity contribution < 1.29 is 4.79 Å². The summed E-state index contributed by atoms with van der Waals surface area (Å²) in [5, 5.41) is 6.84. The van der Waals surface area contributed by atoms with Crippen molar-refractivity contribution in [3.8, 4) is 0 Å². The molecule has 0 aliphatic carbocycles. The SMILES string of the molecule is CCCCCCNC(=O)c1ccnn1C. The van der Waals surface area contributed by atoms with Crippen LogP contribution in [0.2, 0.25) is 0 Å². The molecule has 0 spiro atoms. The Labute approximate surface area is 90.7 Å². The third kappa shape index (κ3) is 3.73. The van der Waals surface area contributed by atoms with Gasteiger partial charge in [0.25, 0.3) is 5.91 Å². The molecular formula is C11H19N3O. The molecule has 0 saturated carbocycles. The fraction of sp³-hybridized carbons (Fsp3) is 0.636. The van der Waals surface area contributed by atoms with Crippen LogP contribution in [0.4, 0.5) is 0 Å². The first-order valence-corrected chi connectivity index (χ1v) is 5.52. The number of amides is 1. The highest BCUT2D eigenvalue weighted by molar-refractivity contribution is 5.92. The maximum atomic E-state index is 11.6. The van der Waals surface area contributed by atoms with E-state index < -0.39 is 0 Å². The normalized spacial score (nSPS) is 10.3. The highest BCUT2D eigenvalue weighted by Crippen LogP contribution is 1.99. The standard InChI is InChI=1S/C11H19N3O/c1-3-4-5-6-8-12-11(15)10-7-9-13-14(10)2/h7,9H,3-6,8H2,1-2H3,(H,12,15). The Hall–Kier alpha value is -1.32. The predicted molar refractivity (Wildman–Crippen MR) is 59.7 cm³/mol. The van der Waals surface area contributed by atoms with Gasteiger partial charge in [-0.25, -0.2) is 0 Å². The Kier molecular flexibility index (Phi) is 4.87. The zero-order valence-corrected chi connectivity index (χ0v) is 9.49. The largest absolute Gasteiger partial charge is 0.351 e. The third-order valence-electron chi connectivity index (χ3n) is 2.37. The van der Waals surface area contributed by atoms with Gasteiger partial charge in [0.1, 0.15) is 5.69 Å². The first-order chi connectivity index (χ1) is 7.25.